The van der Waals surface area contributed by atoms with Crippen molar-refractivity contribution in [2.24, 2.45) is 5.92 Å². The number of hydrogen-bond donors (Lipinski definition) is 1. The van der Waals surface area contributed by atoms with Gasteiger partial charge in [-0.05, 0) is 19.8 Å². The minimum Gasteiger partial charge on any atom is -0.465 e. The number of nitrogens with one attached hydrogen (secondary N) is 1. The molecule has 0 bridgehead atoms. The molecule has 0 aromatic heterocycles. The molecule has 0 saturated carbocycles. The van der Waals surface area contributed by atoms with E-state index >= 15 is 0 Å². The molecule has 1 atom stereocenters. The molecule has 1 N–H and O–H groups in total. The number of ether oxygens (including phenoxy) is 1. The Morgan fingerprint density at radius 2 is 2.50 bits per heavy atom. The van der Waals surface area contributed by atoms with Crippen LogP contribution < -0.4 is 5.32 Å². The van der Waals surface area contributed by atoms with Gasteiger partial charge in [-0.25, -0.2) is 0 Å². The third-order valence-corrected chi connectivity index (χ3v) is 1.86. The van der Waals surface area contributed by atoms with E-state index in [2.05, 4.69) is 5.32 Å². The third kappa shape index (κ3) is 1.96. The van der Waals surface area contributed by atoms with Crippen LogP contribution in [0.4, 0.5) is 0 Å². The maximum Gasteiger partial charge on any atom is 0.318 e. The van der Waals surface area contributed by atoms with Gasteiger partial charge in [0.2, 0.25) is 5.91 Å². The number of carbonyl (C=O) groups excluding carboxylic acids is 2. The first-order valence-electron chi connectivity index (χ1n) is 4.20. The Kier molecular flexibility index (Phi) is 3.08. The predicted molar refractivity (Wildman–Crippen MR) is 42.4 cm³/mol. The lowest BCUT2D eigenvalue weighted by molar-refractivity contribution is -0.153. The third-order valence-electron chi connectivity index (χ3n) is 1.86. The summed E-state index contributed by atoms with van der Waals surface area (Å²) in [6, 6.07) is 0. The van der Waals surface area contributed by atoms with Crippen molar-refractivity contribution in [2.75, 3.05) is 13.2 Å². The summed E-state index contributed by atoms with van der Waals surface area (Å²) in [6.45, 7) is 2.75. The van der Waals surface area contributed by atoms with Gasteiger partial charge in [-0.15, -0.1) is 0 Å². The molecule has 0 radical (unpaired) electrons. The van der Waals surface area contributed by atoms with Gasteiger partial charge in [-0.2, -0.15) is 0 Å². The zero-order chi connectivity index (χ0) is 8.97. The highest BCUT2D eigenvalue weighted by Crippen LogP contribution is 2.12. The Labute approximate surface area is 71.3 Å². The highest BCUT2D eigenvalue weighted by molar-refractivity contribution is 5.98. The minimum atomic E-state index is -0.571. The van der Waals surface area contributed by atoms with Crippen molar-refractivity contribution in [2.45, 2.75) is 19.8 Å². The van der Waals surface area contributed by atoms with E-state index in [1.165, 1.54) is 0 Å². The Morgan fingerprint density at radius 1 is 1.75 bits per heavy atom. The summed E-state index contributed by atoms with van der Waals surface area (Å²) in [7, 11) is 0. The van der Waals surface area contributed by atoms with Crippen molar-refractivity contribution in [1.82, 2.24) is 5.32 Å². The molecule has 1 amide bonds. The molecule has 0 spiro atoms. The first-order valence-corrected chi connectivity index (χ1v) is 4.20. The second kappa shape index (κ2) is 4.09. The molecule has 4 heteroatoms. The van der Waals surface area contributed by atoms with Gasteiger partial charge in [-0.3, -0.25) is 9.59 Å². The number of carbonyl (C=O) groups is 2. The Morgan fingerprint density at radius 3 is 3.08 bits per heavy atom. The van der Waals surface area contributed by atoms with E-state index in [0.29, 0.717) is 19.6 Å². The zero-order valence-electron chi connectivity index (χ0n) is 7.13. The lowest BCUT2D eigenvalue weighted by Gasteiger charge is -2.19. The Balaban J connectivity index is 2.48. The average molecular weight is 171 g/mol. The molecular weight excluding hydrogens is 158 g/mol. The largest absolute Gasteiger partial charge is 0.465 e. The zero-order valence-corrected chi connectivity index (χ0v) is 7.13. The molecule has 1 rings (SSSR count). The number of esters is 1. The van der Waals surface area contributed by atoms with Crippen LogP contribution in [-0.4, -0.2) is 25.0 Å². The molecule has 1 saturated heterocycles. The molecule has 68 valence electrons. The summed E-state index contributed by atoms with van der Waals surface area (Å²) in [5.41, 5.74) is 0. The van der Waals surface area contributed by atoms with Gasteiger partial charge in [0.05, 0.1) is 6.61 Å². The van der Waals surface area contributed by atoms with E-state index in [1.807, 2.05) is 0 Å². The normalized spacial score (nSPS) is 23.1. The number of amides is 1. The van der Waals surface area contributed by atoms with Crippen molar-refractivity contribution in [1.29, 1.82) is 0 Å². The summed E-state index contributed by atoms with van der Waals surface area (Å²) in [6.07, 6.45) is 1.47. The topological polar surface area (TPSA) is 55.4 Å². The molecule has 4 nitrogen and oxygen atoms in total. The van der Waals surface area contributed by atoms with Gasteiger partial charge >= 0.3 is 5.97 Å². The van der Waals surface area contributed by atoms with Gasteiger partial charge in [0.1, 0.15) is 5.92 Å². The quantitative estimate of drug-likeness (QED) is 0.472. The Hall–Kier alpha value is -1.06. The summed E-state index contributed by atoms with van der Waals surface area (Å²) in [5.74, 6) is -1.16. The molecule has 0 aliphatic carbocycles. The fourth-order valence-electron chi connectivity index (χ4n) is 1.24. The Bertz CT molecular complexity index is 191. The van der Waals surface area contributed by atoms with Crippen LogP contribution in [0.15, 0.2) is 0 Å². The average Bonchev–Trinajstić information content (AvgIpc) is 2.05. The molecule has 1 aliphatic rings. The monoisotopic (exact) mass is 171 g/mol. The van der Waals surface area contributed by atoms with E-state index in [0.717, 1.165) is 6.42 Å². The maximum absolute atomic E-state index is 11.1. The number of rotatable bonds is 2. The number of piperidine rings is 1. The number of hydrogen-bond acceptors (Lipinski definition) is 3. The summed E-state index contributed by atoms with van der Waals surface area (Å²) in [4.78, 5) is 22.2. The van der Waals surface area contributed by atoms with Crippen molar-refractivity contribution in [3.05, 3.63) is 0 Å². The van der Waals surface area contributed by atoms with Crippen LogP contribution in [0.25, 0.3) is 0 Å². The first kappa shape index (κ1) is 9.03. The predicted octanol–water partition coefficient (Wildman–Crippen LogP) is 0.0757. The lowest BCUT2D eigenvalue weighted by Crippen LogP contribution is -2.41. The molecule has 12 heavy (non-hydrogen) atoms. The van der Waals surface area contributed by atoms with Crippen LogP contribution in [0.2, 0.25) is 0 Å². The van der Waals surface area contributed by atoms with Crippen LogP contribution in [0, 0.1) is 5.92 Å². The van der Waals surface area contributed by atoms with Gasteiger partial charge in [0.15, 0.2) is 0 Å². The molecule has 0 unspecified atom stereocenters. The molecule has 1 aliphatic heterocycles. The lowest BCUT2D eigenvalue weighted by atomic mass is 9.99. The summed E-state index contributed by atoms with van der Waals surface area (Å²) in [5, 5.41) is 2.63. The second-order valence-electron chi connectivity index (χ2n) is 2.74. The van der Waals surface area contributed by atoms with Gasteiger partial charge < -0.3 is 10.1 Å². The highest BCUT2D eigenvalue weighted by atomic mass is 16.5. The van der Waals surface area contributed by atoms with E-state index in [1.54, 1.807) is 6.92 Å². The smallest absolute Gasteiger partial charge is 0.318 e. The van der Waals surface area contributed by atoms with Gasteiger partial charge in [-0.1, -0.05) is 0 Å². The van der Waals surface area contributed by atoms with E-state index < -0.39 is 11.9 Å². The van der Waals surface area contributed by atoms with E-state index in [9.17, 15) is 9.59 Å². The highest BCUT2D eigenvalue weighted by Gasteiger charge is 2.29. The SMILES string of the molecule is CCOC(=O)[C@@H]1CCCNC1=O. The second-order valence-corrected chi connectivity index (χ2v) is 2.74. The van der Waals surface area contributed by atoms with Crippen LogP contribution >= 0.6 is 0 Å². The fraction of sp³-hybridized carbons (Fsp3) is 0.750. The van der Waals surface area contributed by atoms with E-state index in [-0.39, 0.29) is 5.91 Å². The molecule has 0 aromatic rings. The van der Waals surface area contributed by atoms with Crippen LogP contribution in [-0.2, 0) is 14.3 Å². The summed E-state index contributed by atoms with van der Waals surface area (Å²) >= 11 is 0. The van der Waals surface area contributed by atoms with E-state index in [4.69, 9.17) is 4.74 Å². The summed E-state index contributed by atoms with van der Waals surface area (Å²) < 4.78 is 4.75. The van der Waals surface area contributed by atoms with Crippen molar-refractivity contribution in [3.8, 4) is 0 Å². The van der Waals surface area contributed by atoms with Crippen molar-refractivity contribution < 1.29 is 14.3 Å². The van der Waals surface area contributed by atoms with Crippen LogP contribution in [0.1, 0.15) is 19.8 Å². The molecule has 1 fully saturated rings. The van der Waals surface area contributed by atoms with Gasteiger partial charge in [0.25, 0.3) is 0 Å². The van der Waals surface area contributed by atoms with Gasteiger partial charge in [0, 0.05) is 6.54 Å². The maximum atomic E-state index is 11.1. The fourth-order valence-corrected chi connectivity index (χ4v) is 1.24. The molecule has 0 aromatic carbocycles. The van der Waals surface area contributed by atoms with Crippen LogP contribution in [0.5, 0.6) is 0 Å². The van der Waals surface area contributed by atoms with Crippen LogP contribution in [0.3, 0.4) is 0 Å². The van der Waals surface area contributed by atoms with Crippen molar-refractivity contribution >= 4 is 11.9 Å². The molecule has 1 heterocycles. The van der Waals surface area contributed by atoms with Crippen molar-refractivity contribution in [3.63, 3.8) is 0 Å². The minimum absolute atomic E-state index is 0.195. The standard InChI is InChI=1S/C8H13NO3/c1-2-12-8(11)6-4-3-5-9-7(6)10/h6H,2-5H2,1H3,(H,9,10)/t6-/m1/s1. The molecular formula is C8H13NO3. The first-order chi connectivity index (χ1) is 5.75.